The zero-order valence-electron chi connectivity index (χ0n) is 10.7. The van der Waals surface area contributed by atoms with E-state index in [1.165, 1.54) is 13.2 Å². The number of rotatable bonds is 5. The number of hydrogen-bond donors (Lipinski definition) is 1. The third-order valence-electron chi connectivity index (χ3n) is 2.94. The van der Waals surface area contributed by atoms with E-state index >= 15 is 0 Å². The van der Waals surface area contributed by atoms with Crippen LogP contribution in [-0.4, -0.2) is 14.2 Å². The smallest absolute Gasteiger partial charge is 0.169 e. The summed E-state index contributed by atoms with van der Waals surface area (Å²) in [5.74, 6) is 0.714. The molecule has 1 atom stereocenters. The zero-order valence-corrected chi connectivity index (χ0v) is 12.3. The second-order valence-corrected chi connectivity index (χ2v) is 4.94. The minimum atomic E-state index is -0.351. The molecule has 1 unspecified atom stereocenters. The Morgan fingerprint density at radius 2 is 2.16 bits per heavy atom. The quantitative estimate of drug-likeness (QED) is 0.909. The summed E-state index contributed by atoms with van der Waals surface area (Å²) in [6.45, 7) is 0. The fraction of sp³-hybridized carbons (Fsp3) is 0.286. The molecule has 0 aliphatic heterocycles. The molecule has 0 aliphatic rings. The molecule has 0 bridgehead atoms. The summed E-state index contributed by atoms with van der Waals surface area (Å²) in [4.78, 5) is 0. The Labute approximate surface area is 119 Å². The third-order valence-corrected chi connectivity index (χ3v) is 3.37. The normalized spacial score (nSPS) is 12.4. The number of hydrogen-bond acceptors (Lipinski definition) is 3. The van der Waals surface area contributed by atoms with Crippen molar-refractivity contribution in [2.75, 3.05) is 14.2 Å². The minimum Gasteiger partial charge on any atom is -0.494 e. The van der Waals surface area contributed by atoms with Gasteiger partial charge >= 0.3 is 0 Å². The Bertz CT molecular complexity index is 556. The highest BCUT2D eigenvalue weighted by Crippen LogP contribution is 2.25. The van der Waals surface area contributed by atoms with E-state index in [2.05, 4.69) is 21.2 Å². The van der Waals surface area contributed by atoms with Crippen molar-refractivity contribution in [1.82, 2.24) is 5.32 Å². The molecule has 5 heteroatoms. The van der Waals surface area contributed by atoms with E-state index < -0.39 is 0 Å². The molecule has 1 heterocycles. The average molecular weight is 328 g/mol. The van der Waals surface area contributed by atoms with Gasteiger partial charge in [0, 0.05) is 0 Å². The van der Waals surface area contributed by atoms with Gasteiger partial charge in [-0.1, -0.05) is 6.07 Å². The second-order valence-electron chi connectivity index (χ2n) is 4.16. The lowest BCUT2D eigenvalue weighted by atomic mass is 10.0. The van der Waals surface area contributed by atoms with E-state index in [4.69, 9.17) is 9.15 Å². The van der Waals surface area contributed by atoms with Gasteiger partial charge in [-0.2, -0.15) is 0 Å². The summed E-state index contributed by atoms with van der Waals surface area (Å²) in [5, 5.41) is 3.16. The van der Waals surface area contributed by atoms with Crippen molar-refractivity contribution in [2.24, 2.45) is 0 Å². The molecule has 19 heavy (non-hydrogen) atoms. The van der Waals surface area contributed by atoms with Crippen LogP contribution in [0, 0.1) is 5.82 Å². The van der Waals surface area contributed by atoms with Crippen molar-refractivity contribution in [3.05, 3.63) is 52.1 Å². The van der Waals surface area contributed by atoms with Gasteiger partial charge in [0.15, 0.2) is 16.2 Å². The number of halogens is 2. The number of nitrogens with one attached hydrogen (secondary N) is 1. The van der Waals surface area contributed by atoms with Crippen LogP contribution in [0.2, 0.25) is 0 Å². The van der Waals surface area contributed by atoms with Crippen LogP contribution >= 0.6 is 15.9 Å². The monoisotopic (exact) mass is 327 g/mol. The van der Waals surface area contributed by atoms with E-state index in [-0.39, 0.29) is 17.6 Å². The van der Waals surface area contributed by atoms with Gasteiger partial charge in [0.1, 0.15) is 5.76 Å². The molecule has 0 aliphatic carbocycles. The summed E-state index contributed by atoms with van der Waals surface area (Å²) >= 11 is 3.27. The maximum Gasteiger partial charge on any atom is 0.169 e. The van der Waals surface area contributed by atoms with E-state index in [0.29, 0.717) is 11.1 Å². The van der Waals surface area contributed by atoms with Crippen molar-refractivity contribution in [3.8, 4) is 5.75 Å². The molecule has 0 saturated carbocycles. The predicted molar refractivity (Wildman–Crippen MR) is 74.9 cm³/mol. The fourth-order valence-corrected chi connectivity index (χ4v) is 2.25. The van der Waals surface area contributed by atoms with Crippen LogP contribution in [-0.2, 0) is 6.42 Å². The Morgan fingerprint density at radius 1 is 1.37 bits per heavy atom. The number of ether oxygens (including phenoxy) is 1. The van der Waals surface area contributed by atoms with Gasteiger partial charge < -0.3 is 14.5 Å². The van der Waals surface area contributed by atoms with E-state index in [1.807, 2.05) is 25.2 Å². The second kappa shape index (κ2) is 6.21. The third kappa shape index (κ3) is 3.36. The van der Waals surface area contributed by atoms with Gasteiger partial charge in [0.25, 0.3) is 0 Å². The van der Waals surface area contributed by atoms with Crippen molar-refractivity contribution < 1.29 is 13.5 Å². The highest BCUT2D eigenvalue weighted by Gasteiger charge is 2.15. The first-order valence-corrected chi connectivity index (χ1v) is 6.68. The molecule has 3 nitrogen and oxygen atoms in total. The molecule has 102 valence electrons. The van der Waals surface area contributed by atoms with Crippen LogP contribution in [0.4, 0.5) is 4.39 Å². The number of furan rings is 1. The van der Waals surface area contributed by atoms with E-state index in [1.54, 1.807) is 6.07 Å². The molecule has 0 amide bonds. The Kier molecular flexibility index (Phi) is 4.61. The molecule has 0 fully saturated rings. The molecule has 1 aromatic heterocycles. The lowest BCUT2D eigenvalue weighted by Gasteiger charge is -2.14. The molecule has 0 saturated heterocycles. The summed E-state index contributed by atoms with van der Waals surface area (Å²) in [5.41, 5.74) is 0.880. The predicted octanol–water partition coefficient (Wildman–Crippen LogP) is 3.69. The maximum absolute atomic E-state index is 13.6. The van der Waals surface area contributed by atoms with Gasteiger partial charge in [-0.15, -0.1) is 0 Å². The van der Waals surface area contributed by atoms with Gasteiger partial charge in [-0.25, -0.2) is 4.39 Å². The molecule has 2 rings (SSSR count). The first kappa shape index (κ1) is 14.1. The van der Waals surface area contributed by atoms with E-state index in [0.717, 1.165) is 11.3 Å². The average Bonchev–Trinajstić information content (AvgIpc) is 2.82. The van der Waals surface area contributed by atoms with Crippen molar-refractivity contribution in [1.29, 1.82) is 0 Å². The number of benzene rings is 1. The lowest BCUT2D eigenvalue weighted by Crippen LogP contribution is -2.18. The molecule has 0 radical (unpaired) electrons. The van der Waals surface area contributed by atoms with Crippen molar-refractivity contribution in [3.63, 3.8) is 0 Å². The van der Waals surface area contributed by atoms with Gasteiger partial charge in [-0.05, 0) is 59.2 Å². The molecule has 0 spiro atoms. The molecule has 2 aromatic rings. The van der Waals surface area contributed by atoms with Crippen LogP contribution in [0.25, 0.3) is 0 Å². The van der Waals surface area contributed by atoms with Gasteiger partial charge in [-0.3, -0.25) is 0 Å². The lowest BCUT2D eigenvalue weighted by molar-refractivity contribution is 0.385. The minimum absolute atomic E-state index is 0.000838. The SMILES string of the molecule is CNC(Cc1ccc(OC)c(F)c1)c1ccc(Br)o1. The molecular weight excluding hydrogens is 313 g/mol. The van der Waals surface area contributed by atoms with E-state index in [9.17, 15) is 4.39 Å². The zero-order chi connectivity index (χ0) is 13.8. The number of likely N-dealkylation sites (N-methyl/N-ethyl adjacent to an activating group) is 1. The van der Waals surface area contributed by atoms with Crippen molar-refractivity contribution >= 4 is 15.9 Å². The van der Waals surface area contributed by atoms with Crippen LogP contribution in [0.1, 0.15) is 17.4 Å². The van der Waals surface area contributed by atoms with Crippen LogP contribution in [0.5, 0.6) is 5.75 Å². The Morgan fingerprint density at radius 3 is 2.68 bits per heavy atom. The topological polar surface area (TPSA) is 34.4 Å². The summed E-state index contributed by atoms with van der Waals surface area (Å²) in [6.07, 6.45) is 0.636. The summed E-state index contributed by atoms with van der Waals surface area (Å²) in [6, 6.07) is 8.71. The van der Waals surface area contributed by atoms with Gasteiger partial charge in [0.05, 0.1) is 13.2 Å². The highest BCUT2D eigenvalue weighted by molar-refractivity contribution is 9.10. The molecule has 1 N–H and O–H groups in total. The first-order chi connectivity index (χ1) is 9.13. The summed E-state index contributed by atoms with van der Waals surface area (Å²) in [7, 11) is 3.30. The van der Waals surface area contributed by atoms with Gasteiger partial charge in [0.2, 0.25) is 0 Å². The first-order valence-electron chi connectivity index (χ1n) is 5.89. The molecular formula is C14H15BrFNO2. The Hall–Kier alpha value is -1.33. The fourth-order valence-electron chi connectivity index (χ4n) is 1.93. The molecule has 1 aromatic carbocycles. The number of methoxy groups -OCH3 is 1. The van der Waals surface area contributed by atoms with Crippen LogP contribution in [0.15, 0.2) is 39.4 Å². The maximum atomic E-state index is 13.6. The van der Waals surface area contributed by atoms with Crippen molar-refractivity contribution in [2.45, 2.75) is 12.5 Å². The van der Waals surface area contributed by atoms with Crippen LogP contribution in [0.3, 0.4) is 0 Å². The Balaban J connectivity index is 2.16. The highest BCUT2D eigenvalue weighted by atomic mass is 79.9. The largest absolute Gasteiger partial charge is 0.494 e. The summed E-state index contributed by atoms with van der Waals surface area (Å²) < 4.78 is 24.7. The van der Waals surface area contributed by atoms with Crippen LogP contribution < -0.4 is 10.1 Å². The standard InChI is InChI=1S/C14H15BrFNO2/c1-17-11(13-5-6-14(15)19-13)8-9-3-4-12(18-2)10(16)7-9/h3-7,11,17H,8H2,1-2H3.